The molecule has 3 nitrogen and oxygen atoms in total. The molecule has 0 spiro atoms. The van der Waals surface area contributed by atoms with Gasteiger partial charge in [0.05, 0.1) is 13.2 Å². The maximum atomic E-state index is 6.10. The second-order valence-corrected chi connectivity index (χ2v) is 5.32. The molecule has 3 heteroatoms. The van der Waals surface area contributed by atoms with Gasteiger partial charge in [-0.05, 0) is 32.9 Å². The van der Waals surface area contributed by atoms with Crippen molar-refractivity contribution in [2.45, 2.75) is 45.8 Å². The Morgan fingerprint density at radius 3 is 3.00 bits per heavy atom. The molecule has 1 fully saturated rings. The lowest BCUT2D eigenvalue weighted by Gasteiger charge is -2.21. The van der Waals surface area contributed by atoms with E-state index in [0.29, 0.717) is 12.6 Å². The molecule has 2 unspecified atom stereocenters. The number of aryl methyl sites for hydroxylation is 1. The molecule has 2 rings (SSSR count). The SMILES string of the molecule is CCCNC(C)c1cc(C)ccc1OC1CCOC1. The van der Waals surface area contributed by atoms with Crippen molar-refractivity contribution in [3.05, 3.63) is 29.3 Å². The Kier molecular flexibility index (Phi) is 5.23. The summed E-state index contributed by atoms with van der Waals surface area (Å²) in [5, 5.41) is 3.53. The summed E-state index contributed by atoms with van der Waals surface area (Å²) < 4.78 is 11.5. The summed E-state index contributed by atoms with van der Waals surface area (Å²) in [7, 11) is 0. The van der Waals surface area contributed by atoms with E-state index < -0.39 is 0 Å². The lowest BCUT2D eigenvalue weighted by Crippen LogP contribution is -2.22. The molecule has 0 radical (unpaired) electrons. The van der Waals surface area contributed by atoms with Gasteiger partial charge in [-0.2, -0.15) is 0 Å². The van der Waals surface area contributed by atoms with E-state index in [0.717, 1.165) is 31.7 Å². The van der Waals surface area contributed by atoms with E-state index in [4.69, 9.17) is 9.47 Å². The number of hydrogen-bond acceptors (Lipinski definition) is 3. The molecule has 0 aromatic heterocycles. The number of ether oxygens (including phenoxy) is 2. The molecule has 1 aliphatic heterocycles. The maximum absolute atomic E-state index is 6.10. The van der Waals surface area contributed by atoms with Crippen LogP contribution in [0.25, 0.3) is 0 Å². The predicted molar refractivity (Wildman–Crippen MR) is 77.7 cm³/mol. The quantitative estimate of drug-likeness (QED) is 0.855. The maximum Gasteiger partial charge on any atom is 0.124 e. The van der Waals surface area contributed by atoms with Crippen LogP contribution in [0.3, 0.4) is 0 Å². The van der Waals surface area contributed by atoms with Crippen molar-refractivity contribution < 1.29 is 9.47 Å². The minimum absolute atomic E-state index is 0.208. The van der Waals surface area contributed by atoms with Gasteiger partial charge in [0.15, 0.2) is 0 Å². The highest BCUT2D eigenvalue weighted by Gasteiger charge is 2.20. The van der Waals surface area contributed by atoms with Crippen LogP contribution in [0.15, 0.2) is 18.2 Å². The van der Waals surface area contributed by atoms with Crippen molar-refractivity contribution in [3.63, 3.8) is 0 Å². The fourth-order valence-electron chi connectivity index (χ4n) is 2.37. The highest BCUT2D eigenvalue weighted by molar-refractivity contribution is 5.39. The molecule has 1 aliphatic rings. The molecule has 1 heterocycles. The third-order valence-corrected chi connectivity index (χ3v) is 3.51. The molecule has 0 bridgehead atoms. The minimum Gasteiger partial charge on any atom is -0.488 e. The van der Waals surface area contributed by atoms with Gasteiger partial charge in [-0.1, -0.05) is 24.6 Å². The van der Waals surface area contributed by atoms with Crippen LogP contribution < -0.4 is 10.1 Å². The summed E-state index contributed by atoms with van der Waals surface area (Å²) in [6, 6.07) is 6.74. The van der Waals surface area contributed by atoms with Crippen molar-refractivity contribution in [1.82, 2.24) is 5.32 Å². The van der Waals surface area contributed by atoms with E-state index in [2.05, 4.69) is 44.3 Å². The Labute approximate surface area is 116 Å². The van der Waals surface area contributed by atoms with Crippen molar-refractivity contribution in [2.24, 2.45) is 0 Å². The Bertz CT molecular complexity index is 400. The van der Waals surface area contributed by atoms with Gasteiger partial charge in [0.2, 0.25) is 0 Å². The average molecular weight is 263 g/mol. The van der Waals surface area contributed by atoms with Crippen LogP contribution in [0.1, 0.15) is 43.9 Å². The van der Waals surface area contributed by atoms with E-state index >= 15 is 0 Å². The standard InChI is InChI=1S/C16H25NO2/c1-4-8-17-13(3)15-10-12(2)5-6-16(15)19-14-7-9-18-11-14/h5-6,10,13-14,17H,4,7-9,11H2,1-3H3. The van der Waals surface area contributed by atoms with E-state index in [1.165, 1.54) is 11.1 Å². The Balaban J connectivity index is 2.11. The molecular formula is C16H25NO2. The number of nitrogens with one attached hydrogen (secondary N) is 1. The van der Waals surface area contributed by atoms with Crippen molar-refractivity contribution >= 4 is 0 Å². The molecule has 106 valence electrons. The van der Waals surface area contributed by atoms with Crippen LogP contribution >= 0.6 is 0 Å². The molecule has 2 atom stereocenters. The highest BCUT2D eigenvalue weighted by Crippen LogP contribution is 2.28. The first-order valence-electron chi connectivity index (χ1n) is 7.29. The first-order valence-corrected chi connectivity index (χ1v) is 7.29. The minimum atomic E-state index is 0.208. The van der Waals surface area contributed by atoms with E-state index in [-0.39, 0.29) is 6.10 Å². The zero-order chi connectivity index (χ0) is 13.7. The molecule has 19 heavy (non-hydrogen) atoms. The summed E-state index contributed by atoms with van der Waals surface area (Å²) in [4.78, 5) is 0. The molecule has 1 saturated heterocycles. The van der Waals surface area contributed by atoms with Gasteiger partial charge < -0.3 is 14.8 Å². The molecule has 1 aromatic rings. The lowest BCUT2D eigenvalue weighted by molar-refractivity contribution is 0.140. The lowest BCUT2D eigenvalue weighted by atomic mass is 10.0. The molecule has 0 saturated carbocycles. The van der Waals surface area contributed by atoms with Gasteiger partial charge in [0.1, 0.15) is 11.9 Å². The third-order valence-electron chi connectivity index (χ3n) is 3.51. The second kappa shape index (κ2) is 6.92. The van der Waals surface area contributed by atoms with Crippen molar-refractivity contribution in [1.29, 1.82) is 0 Å². The summed E-state index contributed by atoms with van der Waals surface area (Å²) >= 11 is 0. The first-order chi connectivity index (χ1) is 9.20. The van der Waals surface area contributed by atoms with Gasteiger partial charge in [0.25, 0.3) is 0 Å². The normalized spacial score (nSPS) is 20.5. The average Bonchev–Trinajstić information content (AvgIpc) is 2.91. The zero-order valence-corrected chi connectivity index (χ0v) is 12.2. The van der Waals surface area contributed by atoms with Gasteiger partial charge in [0, 0.05) is 18.0 Å². The molecule has 0 amide bonds. The Morgan fingerprint density at radius 1 is 1.47 bits per heavy atom. The first kappa shape index (κ1) is 14.4. The van der Waals surface area contributed by atoms with E-state index in [9.17, 15) is 0 Å². The summed E-state index contributed by atoms with van der Waals surface area (Å²) in [6.45, 7) is 9.06. The van der Waals surface area contributed by atoms with Crippen LogP contribution in [0.4, 0.5) is 0 Å². The van der Waals surface area contributed by atoms with Gasteiger partial charge >= 0.3 is 0 Å². The van der Waals surface area contributed by atoms with E-state index in [1.54, 1.807) is 0 Å². The van der Waals surface area contributed by atoms with Crippen LogP contribution in [-0.4, -0.2) is 25.9 Å². The number of hydrogen-bond donors (Lipinski definition) is 1. The van der Waals surface area contributed by atoms with Gasteiger partial charge in [-0.3, -0.25) is 0 Å². The zero-order valence-electron chi connectivity index (χ0n) is 12.2. The summed E-state index contributed by atoms with van der Waals surface area (Å²) in [5.74, 6) is 0.997. The molecular weight excluding hydrogens is 238 g/mol. The van der Waals surface area contributed by atoms with Gasteiger partial charge in [-0.15, -0.1) is 0 Å². The van der Waals surface area contributed by atoms with Crippen LogP contribution in [0, 0.1) is 6.92 Å². The highest BCUT2D eigenvalue weighted by atomic mass is 16.5. The summed E-state index contributed by atoms with van der Waals surface area (Å²) in [6.07, 6.45) is 2.34. The van der Waals surface area contributed by atoms with E-state index in [1.807, 2.05) is 0 Å². The monoisotopic (exact) mass is 263 g/mol. The molecule has 0 aliphatic carbocycles. The van der Waals surface area contributed by atoms with Crippen LogP contribution in [0.5, 0.6) is 5.75 Å². The second-order valence-electron chi connectivity index (χ2n) is 5.32. The Hall–Kier alpha value is -1.06. The fraction of sp³-hybridized carbons (Fsp3) is 0.625. The van der Waals surface area contributed by atoms with Gasteiger partial charge in [-0.25, -0.2) is 0 Å². The third kappa shape index (κ3) is 3.95. The van der Waals surface area contributed by atoms with Crippen LogP contribution in [0.2, 0.25) is 0 Å². The number of benzene rings is 1. The predicted octanol–water partition coefficient (Wildman–Crippen LogP) is 3.22. The largest absolute Gasteiger partial charge is 0.488 e. The molecule has 1 aromatic carbocycles. The smallest absolute Gasteiger partial charge is 0.124 e. The topological polar surface area (TPSA) is 30.5 Å². The fourth-order valence-corrected chi connectivity index (χ4v) is 2.37. The van der Waals surface area contributed by atoms with Crippen molar-refractivity contribution in [2.75, 3.05) is 19.8 Å². The van der Waals surface area contributed by atoms with Crippen LogP contribution in [-0.2, 0) is 4.74 Å². The summed E-state index contributed by atoms with van der Waals surface area (Å²) in [5.41, 5.74) is 2.52. The Morgan fingerprint density at radius 2 is 2.32 bits per heavy atom. The van der Waals surface area contributed by atoms with Crippen molar-refractivity contribution in [3.8, 4) is 5.75 Å². The molecule has 1 N–H and O–H groups in total. The number of rotatable bonds is 6.